The Balaban J connectivity index is 2.40. The van der Waals surface area contributed by atoms with Gasteiger partial charge in [-0.2, -0.15) is 11.8 Å². The van der Waals surface area contributed by atoms with Gasteiger partial charge in [0.1, 0.15) is 0 Å². The lowest BCUT2D eigenvalue weighted by Gasteiger charge is -2.33. The second-order valence-corrected chi connectivity index (χ2v) is 6.00. The molecule has 16 heavy (non-hydrogen) atoms. The topological polar surface area (TPSA) is 24.5 Å². The molecule has 0 spiro atoms. The molecule has 1 N–H and O–H groups in total. The summed E-state index contributed by atoms with van der Waals surface area (Å²) in [5.41, 5.74) is 0. The van der Waals surface area contributed by atoms with Crippen LogP contribution in [0, 0.1) is 0 Å². The van der Waals surface area contributed by atoms with E-state index < -0.39 is 0 Å². The standard InChI is InChI=1S/C12H26N2OS/c1-10(2)13-7-12(8-15-4)14(3)11-5-6-16-9-11/h10-13H,5-9H2,1-4H3. The van der Waals surface area contributed by atoms with Crippen LogP contribution < -0.4 is 5.32 Å². The second kappa shape index (κ2) is 7.54. The van der Waals surface area contributed by atoms with Crippen molar-refractivity contribution in [3.8, 4) is 0 Å². The third kappa shape index (κ3) is 4.62. The average Bonchev–Trinajstić information content (AvgIpc) is 2.76. The Labute approximate surface area is 104 Å². The number of likely N-dealkylation sites (N-methyl/N-ethyl adjacent to an activating group) is 1. The van der Waals surface area contributed by atoms with Gasteiger partial charge in [0.2, 0.25) is 0 Å². The Bertz CT molecular complexity index is 184. The fraction of sp³-hybridized carbons (Fsp3) is 1.00. The molecule has 1 fully saturated rings. The van der Waals surface area contributed by atoms with Gasteiger partial charge >= 0.3 is 0 Å². The highest BCUT2D eigenvalue weighted by Crippen LogP contribution is 2.22. The van der Waals surface area contributed by atoms with Crippen LogP contribution in [0.25, 0.3) is 0 Å². The van der Waals surface area contributed by atoms with Crippen molar-refractivity contribution in [1.82, 2.24) is 10.2 Å². The van der Waals surface area contributed by atoms with Crippen LogP contribution in [0.5, 0.6) is 0 Å². The van der Waals surface area contributed by atoms with Gasteiger partial charge in [0.05, 0.1) is 6.61 Å². The van der Waals surface area contributed by atoms with Crippen molar-refractivity contribution in [2.24, 2.45) is 0 Å². The quantitative estimate of drug-likeness (QED) is 0.734. The molecule has 96 valence electrons. The summed E-state index contributed by atoms with van der Waals surface area (Å²) < 4.78 is 5.33. The monoisotopic (exact) mass is 246 g/mol. The molecule has 0 radical (unpaired) electrons. The number of rotatable bonds is 7. The molecule has 1 saturated heterocycles. The molecule has 1 rings (SSSR count). The summed E-state index contributed by atoms with van der Waals surface area (Å²) in [4.78, 5) is 2.50. The lowest BCUT2D eigenvalue weighted by molar-refractivity contribution is 0.0845. The number of nitrogens with one attached hydrogen (secondary N) is 1. The van der Waals surface area contributed by atoms with Crippen LogP contribution in [0.3, 0.4) is 0 Å². The van der Waals surface area contributed by atoms with Gasteiger partial charge in [-0.3, -0.25) is 4.90 Å². The zero-order valence-corrected chi connectivity index (χ0v) is 11.8. The molecule has 0 saturated carbocycles. The largest absolute Gasteiger partial charge is 0.383 e. The van der Waals surface area contributed by atoms with E-state index in [-0.39, 0.29) is 0 Å². The number of hydrogen-bond acceptors (Lipinski definition) is 4. The van der Waals surface area contributed by atoms with Crippen molar-refractivity contribution in [1.29, 1.82) is 0 Å². The molecule has 2 atom stereocenters. The van der Waals surface area contributed by atoms with E-state index in [0.29, 0.717) is 12.1 Å². The van der Waals surface area contributed by atoms with Gasteiger partial charge in [-0.25, -0.2) is 0 Å². The highest BCUT2D eigenvalue weighted by molar-refractivity contribution is 7.99. The maximum Gasteiger partial charge on any atom is 0.0630 e. The third-order valence-electron chi connectivity index (χ3n) is 3.18. The lowest BCUT2D eigenvalue weighted by atomic mass is 10.1. The Morgan fingerprint density at radius 1 is 1.50 bits per heavy atom. The van der Waals surface area contributed by atoms with E-state index in [9.17, 15) is 0 Å². The number of nitrogens with zero attached hydrogens (tertiary/aromatic N) is 1. The van der Waals surface area contributed by atoms with E-state index in [1.807, 2.05) is 0 Å². The molecule has 0 amide bonds. The summed E-state index contributed by atoms with van der Waals surface area (Å²) in [6.45, 7) is 6.21. The molecule has 2 unspecified atom stereocenters. The van der Waals surface area contributed by atoms with Crippen LogP contribution in [0.15, 0.2) is 0 Å². The van der Waals surface area contributed by atoms with Crippen molar-refractivity contribution < 1.29 is 4.74 Å². The third-order valence-corrected chi connectivity index (χ3v) is 4.32. The maximum absolute atomic E-state index is 5.33. The SMILES string of the molecule is COCC(CNC(C)C)N(C)C1CCSC1. The Kier molecular flexibility index (Phi) is 6.73. The number of thioether (sulfide) groups is 1. The van der Waals surface area contributed by atoms with Gasteiger partial charge in [-0.1, -0.05) is 13.8 Å². The normalized spacial score (nSPS) is 23.2. The fourth-order valence-electron chi connectivity index (χ4n) is 2.03. The minimum atomic E-state index is 0.496. The van der Waals surface area contributed by atoms with Gasteiger partial charge in [-0.15, -0.1) is 0 Å². The first-order valence-electron chi connectivity index (χ1n) is 6.17. The van der Waals surface area contributed by atoms with Crippen LogP contribution in [0.1, 0.15) is 20.3 Å². The van der Waals surface area contributed by atoms with Crippen molar-refractivity contribution in [2.45, 2.75) is 38.4 Å². The molecule has 1 aliphatic heterocycles. The Hall–Kier alpha value is 0.230. The van der Waals surface area contributed by atoms with E-state index in [1.165, 1.54) is 17.9 Å². The van der Waals surface area contributed by atoms with E-state index in [0.717, 1.165) is 19.2 Å². The first-order valence-corrected chi connectivity index (χ1v) is 7.32. The summed E-state index contributed by atoms with van der Waals surface area (Å²) in [6, 6.07) is 1.78. The van der Waals surface area contributed by atoms with Crippen molar-refractivity contribution >= 4 is 11.8 Å². The molecule has 1 aliphatic rings. The Morgan fingerprint density at radius 2 is 2.25 bits per heavy atom. The number of methoxy groups -OCH3 is 1. The predicted octanol–water partition coefficient (Wildman–Crippen LogP) is 1.44. The zero-order chi connectivity index (χ0) is 12.0. The van der Waals surface area contributed by atoms with Gasteiger partial charge in [-0.05, 0) is 19.2 Å². The summed E-state index contributed by atoms with van der Waals surface area (Å²) >= 11 is 2.07. The zero-order valence-electron chi connectivity index (χ0n) is 11.0. The fourth-order valence-corrected chi connectivity index (χ4v) is 3.31. The van der Waals surface area contributed by atoms with Crippen LogP contribution >= 0.6 is 11.8 Å². The molecule has 0 bridgehead atoms. The Morgan fingerprint density at radius 3 is 2.75 bits per heavy atom. The molecule has 4 heteroatoms. The number of ether oxygens (including phenoxy) is 1. The number of hydrogen-bond donors (Lipinski definition) is 1. The van der Waals surface area contributed by atoms with E-state index >= 15 is 0 Å². The lowest BCUT2D eigenvalue weighted by Crippen LogP contribution is -2.49. The van der Waals surface area contributed by atoms with Crippen molar-refractivity contribution in [3.63, 3.8) is 0 Å². The summed E-state index contributed by atoms with van der Waals surface area (Å²) in [7, 11) is 4.03. The molecular weight excluding hydrogens is 220 g/mol. The summed E-state index contributed by atoms with van der Waals surface area (Å²) in [5, 5.41) is 3.51. The highest BCUT2D eigenvalue weighted by atomic mass is 32.2. The molecule has 0 aromatic rings. The van der Waals surface area contributed by atoms with Crippen molar-refractivity contribution in [3.05, 3.63) is 0 Å². The van der Waals surface area contributed by atoms with Gasteiger partial charge in [0.25, 0.3) is 0 Å². The highest BCUT2D eigenvalue weighted by Gasteiger charge is 2.25. The first-order chi connectivity index (χ1) is 7.65. The van der Waals surface area contributed by atoms with E-state index in [2.05, 4.69) is 42.9 Å². The minimum Gasteiger partial charge on any atom is -0.383 e. The summed E-state index contributed by atoms with van der Waals surface area (Å²) in [5.74, 6) is 2.59. The maximum atomic E-state index is 5.33. The van der Waals surface area contributed by atoms with Crippen LogP contribution in [-0.4, -0.2) is 61.8 Å². The van der Waals surface area contributed by atoms with Gasteiger partial charge in [0, 0.05) is 37.5 Å². The van der Waals surface area contributed by atoms with Gasteiger partial charge < -0.3 is 10.1 Å². The summed E-state index contributed by atoms with van der Waals surface area (Å²) in [6.07, 6.45) is 1.32. The van der Waals surface area contributed by atoms with Gasteiger partial charge in [0.15, 0.2) is 0 Å². The van der Waals surface area contributed by atoms with Crippen LogP contribution in [0.2, 0.25) is 0 Å². The molecular formula is C12H26N2OS. The van der Waals surface area contributed by atoms with Crippen molar-refractivity contribution in [2.75, 3.05) is 38.8 Å². The smallest absolute Gasteiger partial charge is 0.0630 e. The predicted molar refractivity (Wildman–Crippen MR) is 72.3 cm³/mol. The average molecular weight is 246 g/mol. The van der Waals surface area contributed by atoms with Crippen LogP contribution in [0.4, 0.5) is 0 Å². The van der Waals surface area contributed by atoms with E-state index in [1.54, 1.807) is 7.11 Å². The molecule has 1 heterocycles. The molecule has 0 aromatic heterocycles. The molecule has 3 nitrogen and oxygen atoms in total. The molecule has 0 aromatic carbocycles. The van der Waals surface area contributed by atoms with Crippen LogP contribution in [-0.2, 0) is 4.74 Å². The molecule has 0 aliphatic carbocycles. The first kappa shape index (κ1) is 14.3. The second-order valence-electron chi connectivity index (χ2n) is 4.85. The van der Waals surface area contributed by atoms with E-state index in [4.69, 9.17) is 4.74 Å². The minimum absolute atomic E-state index is 0.496.